The summed E-state index contributed by atoms with van der Waals surface area (Å²) in [7, 11) is 0. The molecule has 126 valence electrons. The molecular weight excluding hydrogens is 320 g/mol. The molecule has 2 rings (SSSR count). The standard InChI is InChI=1S/C16H14O8/c17-13(15(19)23-21-11-7-3-1-4-8-11)14(18)16(20)24-22-12-9-5-2-6-10-12/h1-10,13-14,17-18H. The van der Waals surface area contributed by atoms with E-state index >= 15 is 0 Å². The van der Waals surface area contributed by atoms with Crippen molar-refractivity contribution in [3.63, 3.8) is 0 Å². The van der Waals surface area contributed by atoms with Crippen molar-refractivity contribution in [3.8, 4) is 11.5 Å². The van der Waals surface area contributed by atoms with Crippen molar-refractivity contribution >= 4 is 11.9 Å². The first-order valence-electron chi connectivity index (χ1n) is 6.81. The van der Waals surface area contributed by atoms with Crippen LogP contribution in [0.2, 0.25) is 0 Å². The highest BCUT2D eigenvalue weighted by atomic mass is 17.2. The first-order chi connectivity index (χ1) is 11.6. The van der Waals surface area contributed by atoms with Gasteiger partial charge in [0.05, 0.1) is 0 Å². The van der Waals surface area contributed by atoms with Gasteiger partial charge in [0.1, 0.15) is 0 Å². The number of rotatable bonds is 7. The van der Waals surface area contributed by atoms with Crippen molar-refractivity contribution < 1.29 is 39.4 Å². The summed E-state index contributed by atoms with van der Waals surface area (Å²) in [4.78, 5) is 41.0. The molecule has 0 aliphatic rings. The lowest BCUT2D eigenvalue weighted by molar-refractivity contribution is -0.240. The molecule has 0 amide bonds. The average Bonchev–Trinajstić information content (AvgIpc) is 2.64. The van der Waals surface area contributed by atoms with E-state index in [1.807, 2.05) is 0 Å². The molecule has 0 heterocycles. The van der Waals surface area contributed by atoms with E-state index in [0.29, 0.717) is 0 Å². The second-order valence-electron chi connectivity index (χ2n) is 4.49. The van der Waals surface area contributed by atoms with E-state index in [9.17, 15) is 19.8 Å². The van der Waals surface area contributed by atoms with Gasteiger partial charge in [-0.05, 0) is 24.3 Å². The Balaban J connectivity index is 1.80. The third-order valence-electron chi connectivity index (χ3n) is 2.71. The molecule has 0 aromatic heterocycles. The van der Waals surface area contributed by atoms with Crippen LogP contribution in [0.5, 0.6) is 11.5 Å². The van der Waals surface area contributed by atoms with E-state index in [1.54, 1.807) is 36.4 Å². The fourth-order valence-electron chi connectivity index (χ4n) is 1.49. The van der Waals surface area contributed by atoms with Crippen LogP contribution in [0.1, 0.15) is 0 Å². The number of aliphatic hydroxyl groups is 2. The Morgan fingerprint density at radius 2 is 1.00 bits per heavy atom. The van der Waals surface area contributed by atoms with Crippen LogP contribution in [0.4, 0.5) is 0 Å². The molecule has 0 saturated carbocycles. The van der Waals surface area contributed by atoms with Crippen LogP contribution >= 0.6 is 0 Å². The first kappa shape index (κ1) is 17.3. The number of carbonyl (C=O) groups excluding carboxylic acids is 2. The SMILES string of the molecule is O=C(OOc1ccccc1)C(O)C(O)C(=O)OOc1ccccc1. The zero-order valence-corrected chi connectivity index (χ0v) is 12.3. The van der Waals surface area contributed by atoms with E-state index in [4.69, 9.17) is 0 Å². The van der Waals surface area contributed by atoms with Crippen molar-refractivity contribution in [2.45, 2.75) is 12.2 Å². The normalized spacial score (nSPS) is 12.6. The van der Waals surface area contributed by atoms with Gasteiger partial charge in [-0.2, -0.15) is 0 Å². The van der Waals surface area contributed by atoms with Crippen molar-refractivity contribution in [3.05, 3.63) is 60.7 Å². The Morgan fingerprint density at radius 1 is 0.667 bits per heavy atom. The summed E-state index contributed by atoms with van der Waals surface area (Å²) in [6.07, 6.45) is -4.42. The third kappa shape index (κ3) is 4.97. The van der Waals surface area contributed by atoms with Gasteiger partial charge in [0, 0.05) is 0 Å². The Bertz CT molecular complexity index is 599. The molecule has 0 aliphatic carbocycles. The Kier molecular flexibility index (Phi) is 6.12. The molecule has 0 bridgehead atoms. The number of aliphatic hydroxyl groups excluding tert-OH is 2. The van der Waals surface area contributed by atoms with E-state index in [0.717, 1.165) is 0 Å². The van der Waals surface area contributed by atoms with Crippen LogP contribution in [0.25, 0.3) is 0 Å². The van der Waals surface area contributed by atoms with Crippen LogP contribution in [0.3, 0.4) is 0 Å². The molecule has 0 fully saturated rings. The van der Waals surface area contributed by atoms with E-state index in [-0.39, 0.29) is 11.5 Å². The second-order valence-corrected chi connectivity index (χ2v) is 4.49. The van der Waals surface area contributed by atoms with Crippen LogP contribution in [0, 0.1) is 0 Å². The fourth-order valence-corrected chi connectivity index (χ4v) is 1.49. The molecular formula is C16H14O8. The summed E-state index contributed by atoms with van der Waals surface area (Å²) >= 11 is 0. The Hall–Kier alpha value is -3.10. The summed E-state index contributed by atoms with van der Waals surface area (Å²) in [6.45, 7) is 0. The summed E-state index contributed by atoms with van der Waals surface area (Å²) in [5, 5.41) is 19.1. The number of carbonyl (C=O) groups is 2. The van der Waals surface area contributed by atoms with Gasteiger partial charge in [0.2, 0.25) is 0 Å². The quantitative estimate of drug-likeness (QED) is 0.564. The van der Waals surface area contributed by atoms with Gasteiger partial charge in [-0.3, -0.25) is 9.78 Å². The topological polar surface area (TPSA) is 112 Å². The Labute approximate surface area is 136 Å². The van der Waals surface area contributed by atoms with Gasteiger partial charge in [0.25, 0.3) is 0 Å². The van der Waals surface area contributed by atoms with Gasteiger partial charge in [-0.25, -0.2) is 19.4 Å². The second kappa shape index (κ2) is 8.51. The van der Waals surface area contributed by atoms with E-state index in [2.05, 4.69) is 19.6 Å². The highest BCUT2D eigenvalue weighted by Crippen LogP contribution is 2.11. The van der Waals surface area contributed by atoms with Crippen LogP contribution in [-0.2, 0) is 19.4 Å². The molecule has 0 aliphatic heterocycles. The van der Waals surface area contributed by atoms with Crippen molar-refractivity contribution in [2.75, 3.05) is 0 Å². The minimum Gasteiger partial charge on any atom is -0.378 e. The van der Waals surface area contributed by atoms with Crippen LogP contribution < -0.4 is 9.78 Å². The molecule has 2 atom stereocenters. The van der Waals surface area contributed by atoms with Gasteiger partial charge >= 0.3 is 11.9 Å². The van der Waals surface area contributed by atoms with Crippen molar-refractivity contribution in [2.24, 2.45) is 0 Å². The molecule has 2 unspecified atom stereocenters. The first-order valence-corrected chi connectivity index (χ1v) is 6.81. The van der Waals surface area contributed by atoms with Crippen molar-refractivity contribution in [1.82, 2.24) is 0 Å². The molecule has 2 N–H and O–H groups in total. The van der Waals surface area contributed by atoms with E-state index < -0.39 is 24.1 Å². The molecule has 2 aromatic rings. The van der Waals surface area contributed by atoms with Gasteiger partial charge in [-0.15, -0.1) is 0 Å². The molecule has 24 heavy (non-hydrogen) atoms. The molecule has 0 saturated heterocycles. The number of para-hydroxylation sites is 2. The lowest BCUT2D eigenvalue weighted by atomic mass is 10.2. The van der Waals surface area contributed by atoms with Gasteiger partial charge in [-0.1, -0.05) is 36.4 Å². The maximum Gasteiger partial charge on any atom is 0.386 e. The fraction of sp³-hybridized carbons (Fsp3) is 0.125. The van der Waals surface area contributed by atoms with Crippen molar-refractivity contribution in [1.29, 1.82) is 0 Å². The zero-order chi connectivity index (χ0) is 17.4. The molecule has 0 spiro atoms. The molecule has 0 radical (unpaired) electrons. The predicted octanol–water partition coefficient (Wildman–Crippen LogP) is 0.783. The highest BCUT2D eigenvalue weighted by molar-refractivity contribution is 5.84. The smallest absolute Gasteiger partial charge is 0.378 e. The minimum absolute atomic E-state index is 0.197. The minimum atomic E-state index is -2.21. The summed E-state index contributed by atoms with van der Waals surface area (Å²) in [5.74, 6) is -2.35. The largest absolute Gasteiger partial charge is 0.386 e. The van der Waals surface area contributed by atoms with Gasteiger partial charge < -0.3 is 10.2 Å². The number of hydrogen-bond donors (Lipinski definition) is 2. The van der Waals surface area contributed by atoms with Gasteiger partial charge in [0.15, 0.2) is 23.7 Å². The summed E-state index contributed by atoms with van der Waals surface area (Å²) in [6, 6.07) is 16.0. The van der Waals surface area contributed by atoms with Crippen LogP contribution in [0.15, 0.2) is 60.7 Å². The lowest BCUT2D eigenvalue weighted by Crippen LogP contribution is -2.42. The number of hydrogen-bond acceptors (Lipinski definition) is 8. The lowest BCUT2D eigenvalue weighted by Gasteiger charge is -2.14. The molecule has 8 heteroatoms. The highest BCUT2D eigenvalue weighted by Gasteiger charge is 2.35. The maximum atomic E-state index is 11.5. The summed E-state index contributed by atoms with van der Waals surface area (Å²) in [5.41, 5.74) is 0. The van der Waals surface area contributed by atoms with Crippen LogP contribution in [-0.4, -0.2) is 34.4 Å². The summed E-state index contributed by atoms with van der Waals surface area (Å²) < 4.78 is 0. The average molecular weight is 334 g/mol. The molecule has 8 nitrogen and oxygen atoms in total. The predicted molar refractivity (Wildman–Crippen MR) is 78.3 cm³/mol. The third-order valence-corrected chi connectivity index (χ3v) is 2.71. The molecule has 2 aromatic carbocycles. The Morgan fingerprint density at radius 3 is 1.33 bits per heavy atom. The monoisotopic (exact) mass is 334 g/mol. The maximum absolute atomic E-state index is 11.5. The zero-order valence-electron chi connectivity index (χ0n) is 12.3. The van der Waals surface area contributed by atoms with E-state index in [1.165, 1.54) is 24.3 Å². The number of benzene rings is 2.